The maximum atomic E-state index is 12.5. The lowest BCUT2D eigenvalue weighted by Gasteiger charge is -2.64. The summed E-state index contributed by atoms with van der Waals surface area (Å²) in [4.78, 5) is 24.3. The first kappa shape index (κ1) is 28.4. The zero-order valence-corrected chi connectivity index (χ0v) is 24.3. The third-order valence-corrected chi connectivity index (χ3v) is 11.5. The highest BCUT2D eigenvalue weighted by Crippen LogP contribution is 2.69. The van der Waals surface area contributed by atoms with Crippen LogP contribution >= 0.6 is 0 Å². The van der Waals surface area contributed by atoms with E-state index in [4.69, 9.17) is 9.47 Å². The molecule has 0 aromatic carbocycles. The molecule has 37 heavy (non-hydrogen) atoms. The summed E-state index contributed by atoms with van der Waals surface area (Å²) in [5.41, 5.74) is -0.474. The van der Waals surface area contributed by atoms with E-state index in [1.165, 1.54) is 52.4 Å². The minimum atomic E-state index is -1.02. The molecule has 4 aliphatic carbocycles. The molecular formula is C31H51NO5. The number of hydrogen-bond acceptors (Lipinski definition) is 6. The van der Waals surface area contributed by atoms with Crippen LogP contribution in [0, 0.1) is 46.3 Å². The second-order valence-electron chi connectivity index (χ2n) is 14.0. The standard InChI is InChI=1S/C31H51NO5/c1-19(2)9-8-10-20(3)25-11-12-26-24-17-28(32-35)31(37-22(5)34)18-23(36-21(4)33)13-16-30(31,7)27(24)14-15-29(25,26)6/h19-20,23-27,35H,8-18H2,1-7H3/b32-28+/t20-,23+,24-,25+,26+,27+,29+,30+,31-/m0/s1. The van der Waals surface area contributed by atoms with Crippen molar-refractivity contribution in [3.63, 3.8) is 0 Å². The van der Waals surface area contributed by atoms with E-state index >= 15 is 0 Å². The fraction of sp³-hybridized carbons (Fsp3) is 0.903. The van der Waals surface area contributed by atoms with Crippen LogP contribution in [-0.4, -0.2) is 34.6 Å². The van der Waals surface area contributed by atoms with E-state index in [-0.39, 0.29) is 23.5 Å². The second kappa shape index (κ2) is 10.5. The average Bonchev–Trinajstić information content (AvgIpc) is 3.15. The van der Waals surface area contributed by atoms with Crippen molar-refractivity contribution in [1.29, 1.82) is 0 Å². The molecule has 4 rings (SSSR count). The van der Waals surface area contributed by atoms with Crippen molar-refractivity contribution in [2.45, 2.75) is 131 Å². The summed E-state index contributed by atoms with van der Waals surface area (Å²) in [6, 6.07) is 0. The van der Waals surface area contributed by atoms with Gasteiger partial charge in [-0.2, -0.15) is 0 Å². The van der Waals surface area contributed by atoms with Gasteiger partial charge in [-0.3, -0.25) is 9.59 Å². The van der Waals surface area contributed by atoms with Crippen LogP contribution in [-0.2, 0) is 19.1 Å². The van der Waals surface area contributed by atoms with Crippen molar-refractivity contribution in [2.75, 3.05) is 0 Å². The van der Waals surface area contributed by atoms with Crippen LogP contribution < -0.4 is 0 Å². The molecule has 210 valence electrons. The lowest BCUT2D eigenvalue weighted by Crippen LogP contribution is -2.68. The van der Waals surface area contributed by atoms with Gasteiger partial charge in [0.1, 0.15) is 11.8 Å². The van der Waals surface area contributed by atoms with E-state index in [1.807, 2.05) is 0 Å². The van der Waals surface area contributed by atoms with Crippen LogP contribution in [0.1, 0.15) is 119 Å². The molecule has 0 amide bonds. The normalized spacial score (nSPS) is 43.0. The summed E-state index contributed by atoms with van der Waals surface area (Å²) < 4.78 is 11.8. The van der Waals surface area contributed by atoms with Gasteiger partial charge in [-0.15, -0.1) is 0 Å². The minimum Gasteiger partial charge on any atom is -0.462 e. The second-order valence-corrected chi connectivity index (χ2v) is 14.0. The first-order chi connectivity index (χ1) is 17.4. The number of nitrogens with zero attached hydrogens (tertiary/aromatic N) is 1. The molecule has 9 atom stereocenters. The number of oxime groups is 1. The fourth-order valence-electron chi connectivity index (χ4n) is 9.95. The van der Waals surface area contributed by atoms with E-state index in [0.717, 1.165) is 37.0 Å². The van der Waals surface area contributed by atoms with Gasteiger partial charge in [-0.25, -0.2) is 0 Å². The summed E-state index contributed by atoms with van der Waals surface area (Å²) in [6.07, 6.45) is 11.0. The van der Waals surface area contributed by atoms with Crippen molar-refractivity contribution in [1.82, 2.24) is 0 Å². The molecule has 0 radical (unpaired) electrons. The van der Waals surface area contributed by atoms with Crippen molar-refractivity contribution < 1.29 is 24.3 Å². The maximum absolute atomic E-state index is 12.5. The SMILES string of the molecule is CC(=O)O[C@@H]1CC[C@]2(C)[C@@H]3CC[C@@]4(C)[C@H](CC[C@@H]4[C@@H](C)CCCC(C)C)[C@@H]3C/C(=N\O)[C@@]2(OC(C)=O)C1. The van der Waals surface area contributed by atoms with Gasteiger partial charge in [0.15, 0.2) is 5.60 Å². The molecule has 0 heterocycles. The lowest BCUT2D eigenvalue weighted by molar-refractivity contribution is -0.204. The monoisotopic (exact) mass is 517 g/mol. The first-order valence-corrected chi connectivity index (χ1v) is 15.0. The Morgan fingerprint density at radius 3 is 2.35 bits per heavy atom. The number of ether oxygens (including phenoxy) is 2. The highest BCUT2D eigenvalue weighted by atomic mass is 16.6. The number of fused-ring (bicyclic) bond motifs is 5. The molecule has 4 fully saturated rings. The Kier molecular flexibility index (Phi) is 8.08. The maximum Gasteiger partial charge on any atom is 0.303 e. The number of hydrogen-bond donors (Lipinski definition) is 1. The van der Waals surface area contributed by atoms with Crippen LogP contribution in [0.25, 0.3) is 0 Å². The van der Waals surface area contributed by atoms with Crippen molar-refractivity contribution in [3.8, 4) is 0 Å². The van der Waals surface area contributed by atoms with Crippen LogP contribution in [0.5, 0.6) is 0 Å². The van der Waals surface area contributed by atoms with Gasteiger partial charge in [0, 0.05) is 25.7 Å². The summed E-state index contributed by atoms with van der Waals surface area (Å²) in [5, 5.41) is 14.2. The van der Waals surface area contributed by atoms with Crippen LogP contribution in [0.4, 0.5) is 0 Å². The molecule has 0 spiro atoms. The van der Waals surface area contributed by atoms with Crippen molar-refractivity contribution in [2.24, 2.45) is 51.5 Å². The average molecular weight is 518 g/mol. The van der Waals surface area contributed by atoms with Gasteiger partial charge in [0.25, 0.3) is 0 Å². The summed E-state index contributed by atoms with van der Waals surface area (Å²) in [7, 11) is 0. The van der Waals surface area contributed by atoms with Crippen molar-refractivity contribution in [3.05, 3.63) is 0 Å². The Balaban J connectivity index is 1.63. The highest BCUT2D eigenvalue weighted by Gasteiger charge is 2.69. The predicted octanol–water partition coefficient (Wildman–Crippen LogP) is 7.17. The van der Waals surface area contributed by atoms with E-state index in [1.54, 1.807) is 0 Å². The molecule has 0 unspecified atom stereocenters. The van der Waals surface area contributed by atoms with E-state index in [2.05, 4.69) is 39.8 Å². The number of carbonyl (C=O) groups excluding carboxylic acids is 2. The molecule has 4 saturated carbocycles. The fourth-order valence-corrected chi connectivity index (χ4v) is 9.95. The van der Waals surface area contributed by atoms with Crippen molar-refractivity contribution >= 4 is 17.7 Å². The third kappa shape index (κ3) is 4.84. The Morgan fingerprint density at radius 1 is 1.00 bits per heavy atom. The van der Waals surface area contributed by atoms with Crippen LogP contribution in [0.3, 0.4) is 0 Å². The van der Waals surface area contributed by atoms with Gasteiger partial charge in [-0.1, -0.05) is 59.0 Å². The minimum absolute atomic E-state index is 0.311. The van der Waals surface area contributed by atoms with Gasteiger partial charge >= 0.3 is 11.9 Å². The summed E-state index contributed by atoms with van der Waals surface area (Å²) >= 11 is 0. The molecule has 0 saturated heterocycles. The van der Waals surface area contributed by atoms with E-state index in [0.29, 0.717) is 41.7 Å². The first-order valence-electron chi connectivity index (χ1n) is 15.0. The number of rotatable bonds is 7. The highest BCUT2D eigenvalue weighted by molar-refractivity contribution is 5.96. The Labute approximate surface area is 224 Å². The summed E-state index contributed by atoms with van der Waals surface area (Å²) in [6.45, 7) is 14.8. The molecule has 6 heteroatoms. The molecule has 6 nitrogen and oxygen atoms in total. The van der Waals surface area contributed by atoms with Crippen LogP contribution in [0.2, 0.25) is 0 Å². The quantitative estimate of drug-likeness (QED) is 0.220. The van der Waals surface area contributed by atoms with Gasteiger partial charge in [-0.05, 0) is 85.9 Å². The zero-order chi connectivity index (χ0) is 27.2. The van der Waals surface area contributed by atoms with Crippen LogP contribution in [0.15, 0.2) is 5.16 Å². The number of esters is 2. The Bertz CT molecular complexity index is 900. The topological polar surface area (TPSA) is 85.2 Å². The Morgan fingerprint density at radius 2 is 1.73 bits per heavy atom. The largest absolute Gasteiger partial charge is 0.462 e. The molecule has 0 bridgehead atoms. The Hall–Kier alpha value is -1.59. The van der Waals surface area contributed by atoms with Gasteiger partial charge < -0.3 is 14.7 Å². The van der Waals surface area contributed by atoms with E-state index < -0.39 is 5.60 Å². The zero-order valence-electron chi connectivity index (χ0n) is 24.3. The number of carbonyl (C=O) groups is 2. The molecule has 1 N–H and O–H groups in total. The molecule has 0 aromatic heterocycles. The summed E-state index contributed by atoms with van der Waals surface area (Å²) in [5.74, 6) is 2.96. The predicted molar refractivity (Wildman–Crippen MR) is 144 cm³/mol. The van der Waals surface area contributed by atoms with E-state index in [9.17, 15) is 14.8 Å². The molecular weight excluding hydrogens is 466 g/mol. The smallest absolute Gasteiger partial charge is 0.303 e. The lowest BCUT2D eigenvalue weighted by atomic mass is 9.42. The third-order valence-electron chi connectivity index (χ3n) is 11.5. The molecule has 4 aliphatic rings. The van der Waals surface area contributed by atoms with Gasteiger partial charge in [0.05, 0.1) is 0 Å². The molecule has 0 aliphatic heterocycles. The van der Waals surface area contributed by atoms with Gasteiger partial charge in [0.2, 0.25) is 0 Å². The molecule has 0 aromatic rings.